The number of terminal acetylenes is 2. The summed E-state index contributed by atoms with van der Waals surface area (Å²) in [5.41, 5.74) is 7.74. The second-order valence-electron chi connectivity index (χ2n) is 15.4. The second-order valence-corrected chi connectivity index (χ2v) is 16.2. The zero-order valence-electron chi connectivity index (χ0n) is 35.6. The molecule has 0 amide bonds. The van der Waals surface area contributed by atoms with Crippen molar-refractivity contribution in [1.82, 2.24) is 19.9 Å². The fraction of sp³-hybridized carbons (Fsp3) is 0.148. The summed E-state index contributed by atoms with van der Waals surface area (Å²) in [6.07, 6.45) is 10.6. The molecule has 0 radical (unpaired) electrons. The number of benzene rings is 6. The molecule has 0 spiro atoms. The van der Waals surface area contributed by atoms with Gasteiger partial charge in [-0.1, -0.05) is 123 Å². The molecule has 0 saturated carbocycles. The first-order chi connectivity index (χ1) is 30.9. The second kappa shape index (κ2) is 20.2. The van der Waals surface area contributed by atoms with Crippen LogP contribution in [0.3, 0.4) is 0 Å². The van der Waals surface area contributed by atoms with Crippen molar-refractivity contribution in [2.24, 2.45) is 0 Å². The maximum Gasteiger partial charge on any atom is 0.230 e. The first-order valence-electron chi connectivity index (χ1n) is 20.5. The molecule has 6 aromatic carbocycles. The summed E-state index contributed by atoms with van der Waals surface area (Å²) in [5, 5.41) is 2.60. The van der Waals surface area contributed by atoms with Gasteiger partial charge in [0.15, 0.2) is 0 Å². The highest BCUT2D eigenvalue weighted by Gasteiger charge is 2.20. The number of hydrogen-bond donors (Lipinski definition) is 0. The number of carbonyl (C=O) groups excluding carboxylic acids is 2. The van der Waals surface area contributed by atoms with Crippen LogP contribution in [0.2, 0.25) is 10.0 Å². The lowest BCUT2D eigenvalue weighted by molar-refractivity contribution is 0.102. The Hall–Kier alpha value is -7.36. The molecule has 0 saturated heterocycles. The van der Waals surface area contributed by atoms with Crippen LogP contribution in [-0.4, -0.2) is 44.7 Å². The molecule has 8 nitrogen and oxygen atoms in total. The molecule has 316 valence electrons. The lowest BCUT2D eigenvalue weighted by Crippen LogP contribution is -2.09. The van der Waals surface area contributed by atoms with E-state index in [0.29, 0.717) is 66.9 Å². The summed E-state index contributed by atoms with van der Waals surface area (Å²) in [6.45, 7) is 8.91. The maximum absolute atomic E-state index is 13.1. The first kappa shape index (κ1) is 44.7. The number of fused-ring (bicyclic) bond motifs is 2. The molecule has 2 aromatic heterocycles. The number of aromatic nitrogens is 4. The molecule has 0 unspecified atom stereocenters. The summed E-state index contributed by atoms with van der Waals surface area (Å²) in [5.74, 6) is 6.68. The van der Waals surface area contributed by atoms with E-state index < -0.39 is 0 Å². The first-order valence-corrected chi connectivity index (χ1v) is 21.2. The van der Waals surface area contributed by atoms with E-state index in [0.717, 1.165) is 21.9 Å². The Kier molecular flexibility index (Phi) is 14.1. The summed E-state index contributed by atoms with van der Waals surface area (Å²) in [4.78, 5) is 44.7. The molecule has 64 heavy (non-hydrogen) atoms. The van der Waals surface area contributed by atoms with Crippen LogP contribution >= 0.6 is 23.2 Å². The highest BCUT2D eigenvalue weighted by Crippen LogP contribution is 2.33. The van der Waals surface area contributed by atoms with Crippen molar-refractivity contribution in [3.05, 3.63) is 177 Å². The van der Waals surface area contributed by atoms with E-state index in [1.165, 1.54) is 11.1 Å². The predicted octanol–water partition coefficient (Wildman–Crippen LogP) is 12.6. The summed E-state index contributed by atoms with van der Waals surface area (Å²) in [7, 11) is 0. The molecule has 10 heteroatoms. The fourth-order valence-electron chi connectivity index (χ4n) is 6.83. The van der Waals surface area contributed by atoms with Gasteiger partial charge in [0.1, 0.15) is 24.7 Å². The quantitative estimate of drug-likeness (QED) is 0.0883. The third-order valence-electron chi connectivity index (χ3n) is 10.3. The van der Waals surface area contributed by atoms with Crippen LogP contribution in [0.15, 0.2) is 133 Å². The zero-order valence-corrected chi connectivity index (χ0v) is 37.1. The van der Waals surface area contributed by atoms with E-state index in [2.05, 4.69) is 83.7 Å². The molecule has 0 N–H and O–H groups in total. The molecule has 8 rings (SSSR count). The highest BCUT2D eigenvalue weighted by molar-refractivity contribution is 6.31. The van der Waals surface area contributed by atoms with Gasteiger partial charge in [-0.15, -0.1) is 12.8 Å². The van der Waals surface area contributed by atoms with Gasteiger partial charge in [-0.2, -0.15) is 0 Å². The van der Waals surface area contributed by atoms with Crippen molar-refractivity contribution in [3.8, 4) is 58.7 Å². The minimum Gasteiger partial charge on any atom is -0.481 e. The lowest BCUT2D eigenvalue weighted by Gasteiger charge is -2.12. The number of halogens is 2. The van der Waals surface area contributed by atoms with E-state index in [1.807, 2.05) is 48.5 Å². The molecule has 0 aliphatic rings. The molecule has 2 heterocycles. The van der Waals surface area contributed by atoms with E-state index in [-0.39, 0.29) is 36.4 Å². The van der Waals surface area contributed by atoms with Crippen LogP contribution in [-0.2, 0) is 0 Å². The third kappa shape index (κ3) is 10.5. The highest BCUT2D eigenvalue weighted by atomic mass is 35.5. The summed E-state index contributed by atoms with van der Waals surface area (Å²) < 4.78 is 11.2. The van der Waals surface area contributed by atoms with Gasteiger partial charge in [0.2, 0.25) is 23.2 Å². The predicted molar refractivity (Wildman–Crippen MR) is 257 cm³/mol. The molecule has 0 atom stereocenters. The van der Waals surface area contributed by atoms with Crippen LogP contribution in [0.25, 0.3) is 44.3 Å². The van der Waals surface area contributed by atoms with Gasteiger partial charge < -0.3 is 9.47 Å². The van der Waals surface area contributed by atoms with Crippen molar-refractivity contribution in [3.63, 3.8) is 0 Å². The van der Waals surface area contributed by atoms with Crippen molar-refractivity contribution < 1.29 is 19.1 Å². The average molecular weight is 882 g/mol. The molecule has 0 fully saturated rings. The Morgan fingerprint density at radius 1 is 0.531 bits per heavy atom. The van der Waals surface area contributed by atoms with E-state index >= 15 is 0 Å². The van der Waals surface area contributed by atoms with Crippen molar-refractivity contribution in [2.75, 3.05) is 13.2 Å². The van der Waals surface area contributed by atoms with Gasteiger partial charge in [-0.25, -0.2) is 19.9 Å². The van der Waals surface area contributed by atoms with Gasteiger partial charge in [0.25, 0.3) is 0 Å². The lowest BCUT2D eigenvalue weighted by atomic mass is 9.99. The largest absolute Gasteiger partial charge is 0.481 e. The maximum atomic E-state index is 13.1. The zero-order chi connectivity index (χ0) is 45.3. The number of ether oxygens (including phenoxy) is 2. The molecule has 0 aliphatic heterocycles. The Morgan fingerprint density at radius 3 is 1.41 bits per heavy atom. The van der Waals surface area contributed by atoms with Crippen LogP contribution in [0.5, 0.6) is 11.5 Å². The standard InChI is InChI=1S/2C27H21ClN2O2/c1-4-15-32-22-13-14-24-23(16-22)25(19-7-5-18(6-8-19)17(2)3)30-27(29-24)26(31)20-9-11-21(28)12-10-20;1-4-14-32-22-12-13-24-23(16-22)25(19-10-8-18(9-11-19)17(2)3)30-27(29-24)26(31)20-6-5-7-21(28)15-20/h1,5-14,16-17H,15H2,2-3H3;1,5-13,15-17H,14H2,2-3H3. The molecule has 8 aromatic rings. The van der Waals surface area contributed by atoms with Gasteiger partial charge in [0, 0.05) is 43.1 Å². The molecular formula is C54H42Cl2N4O4. The Balaban J connectivity index is 0.000000191. The van der Waals surface area contributed by atoms with Crippen LogP contribution in [0, 0.1) is 24.7 Å². The Bertz CT molecular complexity index is 3080. The van der Waals surface area contributed by atoms with Crippen molar-refractivity contribution in [2.45, 2.75) is 39.5 Å². The smallest absolute Gasteiger partial charge is 0.230 e. The topological polar surface area (TPSA) is 104 Å². The Morgan fingerprint density at radius 2 is 0.984 bits per heavy atom. The SMILES string of the molecule is C#CCOc1ccc2nc(C(=O)c3ccc(Cl)cc3)nc(-c3ccc(C(C)C)cc3)c2c1.C#CCOc1ccc2nc(C(=O)c3cccc(Cl)c3)nc(-c3ccc(C(C)C)cc3)c2c1. The fourth-order valence-corrected chi connectivity index (χ4v) is 7.15. The summed E-state index contributed by atoms with van der Waals surface area (Å²) >= 11 is 12.0. The normalized spacial score (nSPS) is 10.8. The molecule has 0 aliphatic carbocycles. The third-order valence-corrected chi connectivity index (χ3v) is 10.8. The number of hydrogen-bond acceptors (Lipinski definition) is 8. The Labute approximate surface area is 382 Å². The summed E-state index contributed by atoms with van der Waals surface area (Å²) in [6, 6.07) is 40.7. The monoisotopic (exact) mass is 880 g/mol. The van der Waals surface area contributed by atoms with E-state index in [4.69, 9.17) is 45.5 Å². The number of rotatable bonds is 12. The number of ketones is 2. The number of nitrogens with zero attached hydrogens (tertiary/aromatic N) is 4. The van der Waals surface area contributed by atoms with Gasteiger partial charge >= 0.3 is 0 Å². The van der Waals surface area contributed by atoms with Gasteiger partial charge in [0.05, 0.1) is 22.4 Å². The van der Waals surface area contributed by atoms with Crippen molar-refractivity contribution in [1.29, 1.82) is 0 Å². The van der Waals surface area contributed by atoms with E-state index in [9.17, 15) is 9.59 Å². The van der Waals surface area contributed by atoms with Gasteiger partial charge in [-0.3, -0.25) is 9.59 Å². The number of carbonyl (C=O) groups is 2. The minimum atomic E-state index is -0.290. The average Bonchev–Trinajstić information content (AvgIpc) is 3.32. The van der Waals surface area contributed by atoms with Crippen LogP contribution < -0.4 is 9.47 Å². The van der Waals surface area contributed by atoms with E-state index in [1.54, 1.807) is 60.7 Å². The van der Waals surface area contributed by atoms with Gasteiger partial charge in [-0.05, 0) is 95.8 Å². The molecule has 0 bridgehead atoms. The van der Waals surface area contributed by atoms with Crippen LogP contribution in [0.1, 0.15) is 83.0 Å². The molecular weight excluding hydrogens is 840 g/mol. The van der Waals surface area contributed by atoms with Crippen molar-refractivity contribution >= 4 is 56.6 Å². The van der Waals surface area contributed by atoms with Crippen LogP contribution in [0.4, 0.5) is 0 Å². The minimum absolute atomic E-state index is 0.111.